The molecule has 7 nitrogen and oxygen atoms in total. The number of ether oxygens (including phenoxy) is 1. The number of carboxylic acids is 1. The zero-order valence-corrected chi connectivity index (χ0v) is 11.6. The van der Waals surface area contributed by atoms with Crippen LogP contribution in [0.4, 0.5) is 0 Å². The van der Waals surface area contributed by atoms with Crippen molar-refractivity contribution in [1.82, 2.24) is 15.1 Å². The van der Waals surface area contributed by atoms with Crippen molar-refractivity contribution in [3.05, 3.63) is 17.0 Å². The van der Waals surface area contributed by atoms with Gasteiger partial charge in [-0.3, -0.25) is 9.48 Å². The number of hydrogen-bond donors (Lipinski definition) is 2. The van der Waals surface area contributed by atoms with Crippen LogP contribution in [-0.4, -0.2) is 46.5 Å². The first-order valence-corrected chi connectivity index (χ1v) is 5.88. The number of carboxylic acid groups (broad SMARTS) is 1. The Kier molecular flexibility index (Phi) is 5.05. The molecule has 1 rings (SSSR count). The molecule has 1 unspecified atom stereocenters. The predicted octanol–water partition coefficient (Wildman–Crippen LogP) is -0.205. The molecular weight excluding hydrogens is 250 g/mol. The Morgan fingerprint density at radius 3 is 2.53 bits per heavy atom. The fourth-order valence-corrected chi connectivity index (χ4v) is 1.77. The maximum absolute atomic E-state index is 11.8. The van der Waals surface area contributed by atoms with Gasteiger partial charge in [0.1, 0.15) is 0 Å². The van der Waals surface area contributed by atoms with Gasteiger partial charge < -0.3 is 15.2 Å². The standard InChI is InChI=1S/C12H19N3O4/c1-7-9(8(2)15(3)14-7)5-11(16)13-6-10(19-4)12(17)18/h10H,5-6H2,1-4H3,(H,13,16)(H,17,18). The van der Waals surface area contributed by atoms with Gasteiger partial charge >= 0.3 is 5.97 Å². The molecule has 1 heterocycles. The van der Waals surface area contributed by atoms with Crippen molar-refractivity contribution in [1.29, 1.82) is 0 Å². The van der Waals surface area contributed by atoms with Crippen LogP contribution in [0.2, 0.25) is 0 Å². The van der Waals surface area contributed by atoms with Gasteiger partial charge in [0.2, 0.25) is 5.91 Å². The largest absolute Gasteiger partial charge is 0.479 e. The number of rotatable bonds is 6. The van der Waals surface area contributed by atoms with Gasteiger partial charge in [0.25, 0.3) is 0 Å². The zero-order valence-electron chi connectivity index (χ0n) is 11.6. The van der Waals surface area contributed by atoms with Gasteiger partial charge in [0.05, 0.1) is 18.7 Å². The summed E-state index contributed by atoms with van der Waals surface area (Å²) in [4.78, 5) is 22.5. The highest BCUT2D eigenvalue weighted by atomic mass is 16.5. The van der Waals surface area contributed by atoms with Crippen LogP contribution in [-0.2, 0) is 27.8 Å². The number of methoxy groups -OCH3 is 1. The second-order valence-corrected chi connectivity index (χ2v) is 4.32. The lowest BCUT2D eigenvalue weighted by Crippen LogP contribution is -2.38. The van der Waals surface area contributed by atoms with E-state index in [0.717, 1.165) is 17.0 Å². The van der Waals surface area contributed by atoms with E-state index in [1.165, 1.54) is 7.11 Å². The van der Waals surface area contributed by atoms with Gasteiger partial charge in [-0.15, -0.1) is 0 Å². The molecule has 0 fully saturated rings. The molecule has 0 aliphatic carbocycles. The second-order valence-electron chi connectivity index (χ2n) is 4.32. The molecule has 0 spiro atoms. The minimum absolute atomic E-state index is 0.0526. The summed E-state index contributed by atoms with van der Waals surface area (Å²) in [6, 6.07) is 0. The number of aryl methyl sites for hydroxylation is 2. The molecule has 0 radical (unpaired) electrons. The summed E-state index contributed by atoms with van der Waals surface area (Å²) in [5.41, 5.74) is 2.59. The third-order valence-electron chi connectivity index (χ3n) is 3.04. The molecule has 2 N–H and O–H groups in total. The molecule has 1 amide bonds. The first-order chi connectivity index (χ1) is 8.86. The average Bonchev–Trinajstić information content (AvgIpc) is 2.56. The van der Waals surface area contributed by atoms with E-state index in [-0.39, 0.29) is 18.9 Å². The molecule has 1 atom stereocenters. The monoisotopic (exact) mass is 269 g/mol. The van der Waals surface area contributed by atoms with Crippen molar-refractivity contribution in [3.8, 4) is 0 Å². The highest BCUT2D eigenvalue weighted by Gasteiger charge is 2.18. The normalized spacial score (nSPS) is 12.2. The second kappa shape index (κ2) is 6.33. The first kappa shape index (κ1) is 15.2. The quantitative estimate of drug-likeness (QED) is 0.745. The average molecular weight is 269 g/mol. The predicted molar refractivity (Wildman–Crippen MR) is 67.8 cm³/mol. The van der Waals surface area contributed by atoms with E-state index < -0.39 is 12.1 Å². The molecular formula is C12H19N3O4. The van der Waals surface area contributed by atoms with Crippen LogP contribution in [0.15, 0.2) is 0 Å². The van der Waals surface area contributed by atoms with Gasteiger partial charge in [0.15, 0.2) is 6.10 Å². The van der Waals surface area contributed by atoms with Gasteiger partial charge in [-0.25, -0.2) is 4.79 Å². The minimum Gasteiger partial charge on any atom is -0.479 e. The Morgan fingerprint density at radius 2 is 2.11 bits per heavy atom. The van der Waals surface area contributed by atoms with E-state index in [9.17, 15) is 9.59 Å². The van der Waals surface area contributed by atoms with Crippen LogP contribution in [0.25, 0.3) is 0 Å². The van der Waals surface area contributed by atoms with Crippen LogP contribution in [0.3, 0.4) is 0 Å². The third kappa shape index (κ3) is 3.78. The third-order valence-corrected chi connectivity index (χ3v) is 3.04. The van der Waals surface area contributed by atoms with E-state index in [1.54, 1.807) is 4.68 Å². The number of carbonyl (C=O) groups excluding carboxylic acids is 1. The maximum atomic E-state index is 11.8. The number of nitrogens with one attached hydrogen (secondary N) is 1. The lowest BCUT2D eigenvalue weighted by Gasteiger charge is -2.11. The highest BCUT2D eigenvalue weighted by Crippen LogP contribution is 2.12. The van der Waals surface area contributed by atoms with Crippen molar-refractivity contribution in [2.45, 2.75) is 26.4 Å². The smallest absolute Gasteiger partial charge is 0.334 e. The lowest BCUT2D eigenvalue weighted by molar-refractivity contribution is -0.148. The van der Waals surface area contributed by atoms with E-state index in [1.807, 2.05) is 20.9 Å². The Balaban J connectivity index is 2.58. The summed E-state index contributed by atoms with van der Waals surface area (Å²) < 4.78 is 6.45. The number of aromatic nitrogens is 2. The fourth-order valence-electron chi connectivity index (χ4n) is 1.77. The highest BCUT2D eigenvalue weighted by molar-refractivity contribution is 5.80. The van der Waals surface area contributed by atoms with Crippen LogP contribution in [0.5, 0.6) is 0 Å². The van der Waals surface area contributed by atoms with Gasteiger partial charge in [-0.05, 0) is 13.8 Å². The van der Waals surface area contributed by atoms with Crippen LogP contribution < -0.4 is 5.32 Å². The summed E-state index contributed by atoms with van der Waals surface area (Å²) >= 11 is 0. The molecule has 0 bridgehead atoms. The van der Waals surface area contributed by atoms with Crippen molar-refractivity contribution in [2.75, 3.05) is 13.7 Å². The van der Waals surface area contributed by atoms with Crippen LogP contribution in [0.1, 0.15) is 17.0 Å². The Bertz CT molecular complexity index is 482. The Morgan fingerprint density at radius 1 is 1.47 bits per heavy atom. The number of amides is 1. The van der Waals surface area contributed by atoms with Gasteiger partial charge in [0, 0.05) is 25.4 Å². The zero-order chi connectivity index (χ0) is 14.6. The SMILES string of the molecule is COC(CNC(=O)Cc1c(C)nn(C)c1C)C(=O)O. The first-order valence-electron chi connectivity index (χ1n) is 5.88. The van der Waals surface area contributed by atoms with Gasteiger partial charge in [-0.1, -0.05) is 0 Å². The van der Waals surface area contributed by atoms with Gasteiger partial charge in [-0.2, -0.15) is 5.10 Å². The Hall–Kier alpha value is -1.89. The number of aliphatic carboxylic acids is 1. The number of hydrogen-bond acceptors (Lipinski definition) is 4. The summed E-state index contributed by atoms with van der Waals surface area (Å²) in [5.74, 6) is -1.35. The summed E-state index contributed by atoms with van der Waals surface area (Å²) in [6.07, 6.45) is -0.846. The van der Waals surface area contributed by atoms with E-state index >= 15 is 0 Å². The molecule has 0 saturated carbocycles. The van der Waals surface area contributed by atoms with Crippen LogP contribution in [0, 0.1) is 13.8 Å². The molecule has 0 aromatic carbocycles. The summed E-state index contributed by atoms with van der Waals surface area (Å²) in [5, 5.41) is 15.5. The summed E-state index contributed by atoms with van der Waals surface area (Å²) in [6.45, 7) is 3.67. The lowest BCUT2D eigenvalue weighted by atomic mass is 10.1. The molecule has 7 heteroatoms. The van der Waals surface area contributed by atoms with Crippen molar-refractivity contribution >= 4 is 11.9 Å². The minimum atomic E-state index is -1.10. The Labute approximate surface area is 111 Å². The van der Waals surface area contributed by atoms with Crippen molar-refractivity contribution < 1.29 is 19.4 Å². The van der Waals surface area contributed by atoms with Crippen molar-refractivity contribution in [2.24, 2.45) is 7.05 Å². The summed E-state index contributed by atoms with van der Waals surface area (Å²) in [7, 11) is 3.11. The molecule has 19 heavy (non-hydrogen) atoms. The number of carbonyl (C=O) groups is 2. The maximum Gasteiger partial charge on any atom is 0.334 e. The fraction of sp³-hybridized carbons (Fsp3) is 0.583. The van der Waals surface area contributed by atoms with Crippen molar-refractivity contribution in [3.63, 3.8) is 0 Å². The van der Waals surface area contributed by atoms with E-state index in [4.69, 9.17) is 9.84 Å². The topological polar surface area (TPSA) is 93.5 Å². The number of nitrogens with zero attached hydrogens (tertiary/aromatic N) is 2. The molecule has 0 saturated heterocycles. The van der Waals surface area contributed by atoms with Crippen LogP contribution >= 0.6 is 0 Å². The van der Waals surface area contributed by atoms with E-state index in [2.05, 4.69) is 10.4 Å². The molecule has 106 valence electrons. The molecule has 0 aliphatic heterocycles. The molecule has 0 aliphatic rings. The molecule has 1 aromatic rings. The molecule has 1 aromatic heterocycles. The van der Waals surface area contributed by atoms with E-state index in [0.29, 0.717) is 0 Å².